The van der Waals surface area contributed by atoms with Gasteiger partial charge < -0.3 is 5.32 Å². The van der Waals surface area contributed by atoms with Crippen molar-refractivity contribution in [3.05, 3.63) is 15.6 Å². The van der Waals surface area contributed by atoms with Gasteiger partial charge in [-0.2, -0.15) is 0 Å². The van der Waals surface area contributed by atoms with Crippen molar-refractivity contribution in [1.82, 2.24) is 10.3 Å². The zero-order valence-electron chi connectivity index (χ0n) is 13.5. The molecular weight excluding hydrogens is 264 g/mol. The average molecular weight is 292 g/mol. The first-order chi connectivity index (χ1) is 9.34. The van der Waals surface area contributed by atoms with E-state index >= 15 is 0 Å². The highest BCUT2D eigenvalue weighted by Crippen LogP contribution is 2.45. The molecule has 1 aromatic heterocycles. The van der Waals surface area contributed by atoms with Crippen molar-refractivity contribution in [3.63, 3.8) is 0 Å². The van der Waals surface area contributed by atoms with Gasteiger partial charge in [0.25, 0.3) is 0 Å². The summed E-state index contributed by atoms with van der Waals surface area (Å²) in [5.41, 5.74) is 1.39. The van der Waals surface area contributed by atoms with Gasteiger partial charge in [0.15, 0.2) is 0 Å². The van der Waals surface area contributed by atoms with Crippen LogP contribution in [0.5, 0.6) is 0 Å². The first-order valence-electron chi connectivity index (χ1n) is 8.08. The van der Waals surface area contributed by atoms with E-state index in [1.165, 1.54) is 41.3 Å². The number of thiazole rings is 1. The Morgan fingerprint density at radius 1 is 1.25 bits per heavy atom. The van der Waals surface area contributed by atoms with Gasteiger partial charge in [0.1, 0.15) is 0 Å². The van der Waals surface area contributed by atoms with Gasteiger partial charge in [-0.15, -0.1) is 11.3 Å². The van der Waals surface area contributed by atoms with Crippen LogP contribution in [0, 0.1) is 18.8 Å². The molecule has 2 bridgehead atoms. The number of fused-ring (bicyclic) bond motifs is 2. The molecule has 0 spiro atoms. The highest BCUT2D eigenvalue weighted by molar-refractivity contribution is 7.12. The standard InChI is InChI=1S/C17H28N2S/c1-10(18-14-9-12-6-7-13(14)8-12)15-11(2)19-16(20-15)17(3,4)5/h10,12-14,18H,6-9H2,1-5H3. The Bertz CT molecular complexity index is 486. The number of nitrogens with one attached hydrogen (secondary N) is 1. The number of aromatic nitrogens is 1. The normalized spacial score (nSPS) is 30.9. The van der Waals surface area contributed by atoms with Crippen LogP contribution in [0.25, 0.3) is 0 Å². The van der Waals surface area contributed by atoms with Crippen LogP contribution in [-0.4, -0.2) is 11.0 Å². The SMILES string of the molecule is Cc1nc(C(C)(C)C)sc1C(C)NC1CC2CCC1C2. The molecule has 4 atom stereocenters. The van der Waals surface area contributed by atoms with E-state index in [0.29, 0.717) is 6.04 Å². The second-order valence-corrected chi connectivity index (χ2v) is 8.92. The average Bonchev–Trinajstić information content (AvgIpc) is 3.01. The fourth-order valence-electron chi connectivity index (χ4n) is 3.98. The van der Waals surface area contributed by atoms with E-state index in [1.54, 1.807) is 0 Å². The minimum Gasteiger partial charge on any atom is -0.306 e. The van der Waals surface area contributed by atoms with E-state index < -0.39 is 0 Å². The van der Waals surface area contributed by atoms with Gasteiger partial charge >= 0.3 is 0 Å². The van der Waals surface area contributed by atoms with Crippen molar-refractivity contribution in [1.29, 1.82) is 0 Å². The lowest BCUT2D eigenvalue weighted by atomic mass is 9.94. The van der Waals surface area contributed by atoms with Crippen molar-refractivity contribution in [3.8, 4) is 0 Å². The molecule has 2 saturated carbocycles. The van der Waals surface area contributed by atoms with Crippen molar-refractivity contribution < 1.29 is 0 Å². The molecule has 0 radical (unpaired) electrons. The van der Waals surface area contributed by atoms with Crippen LogP contribution in [0.3, 0.4) is 0 Å². The van der Waals surface area contributed by atoms with E-state index in [2.05, 4.69) is 39.9 Å². The van der Waals surface area contributed by atoms with Crippen LogP contribution in [0.15, 0.2) is 0 Å². The third-order valence-electron chi connectivity index (χ3n) is 5.07. The molecule has 0 aromatic carbocycles. The summed E-state index contributed by atoms with van der Waals surface area (Å²) in [6, 6.07) is 1.20. The predicted molar refractivity (Wildman–Crippen MR) is 86.3 cm³/mol. The van der Waals surface area contributed by atoms with Crippen molar-refractivity contribution in [2.45, 2.75) is 77.8 Å². The summed E-state index contributed by atoms with van der Waals surface area (Å²) in [6.45, 7) is 11.2. The molecule has 1 N–H and O–H groups in total. The van der Waals surface area contributed by atoms with E-state index in [1.807, 2.05) is 11.3 Å². The van der Waals surface area contributed by atoms with Crippen molar-refractivity contribution in [2.75, 3.05) is 0 Å². The van der Waals surface area contributed by atoms with Crippen LogP contribution in [0.2, 0.25) is 0 Å². The van der Waals surface area contributed by atoms with E-state index in [-0.39, 0.29) is 5.41 Å². The summed E-state index contributed by atoms with van der Waals surface area (Å²) in [7, 11) is 0. The highest BCUT2D eigenvalue weighted by atomic mass is 32.1. The first kappa shape index (κ1) is 14.5. The Balaban J connectivity index is 1.71. The highest BCUT2D eigenvalue weighted by Gasteiger charge is 2.40. The fourth-order valence-corrected chi connectivity index (χ4v) is 5.11. The summed E-state index contributed by atoms with van der Waals surface area (Å²) in [5.74, 6) is 1.95. The monoisotopic (exact) mass is 292 g/mol. The van der Waals surface area contributed by atoms with Crippen molar-refractivity contribution >= 4 is 11.3 Å². The van der Waals surface area contributed by atoms with Gasteiger partial charge in [0.05, 0.1) is 10.7 Å². The molecule has 112 valence electrons. The van der Waals surface area contributed by atoms with Gasteiger partial charge in [0, 0.05) is 22.4 Å². The number of nitrogens with zero attached hydrogens (tertiary/aromatic N) is 1. The molecule has 1 heterocycles. The topological polar surface area (TPSA) is 24.9 Å². The second kappa shape index (κ2) is 5.10. The number of rotatable bonds is 3. The van der Waals surface area contributed by atoms with Gasteiger partial charge in [-0.1, -0.05) is 27.2 Å². The van der Waals surface area contributed by atoms with Crippen LogP contribution in [0.4, 0.5) is 0 Å². The lowest BCUT2D eigenvalue weighted by molar-refractivity contribution is 0.328. The number of hydrogen-bond donors (Lipinski definition) is 1. The molecule has 20 heavy (non-hydrogen) atoms. The largest absolute Gasteiger partial charge is 0.306 e. The Hall–Kier alpha value is -0.410. The molecule has 3 heteroatoms. The summed E-state index contributed by atoms with van der Waals surface area (Å²) in [5, 5.41) is 5.17. The summed E-state index contributed by atoms with van der Waals surface area (Å²) in [6.07, 6.45) is 5.80. The molecular formula is C17H28N2S. The smallest absolute Gasteiger partial charge is 0.0985 e. The fraction of sp³-hybridized carbons (Fsp3) is 0.824. The summed E-state index contributed by atoms with van der Waals surface area (Å²) >= 11 is 1.90. The molecule has 4 unspecified atom stereocenters. The lowest BCUT2D eigenvalue weighted by Crippen LogP contribution is -2.35. The van der Waals surface area contributed by atoms with Crippen LogP contribution in [-0.2, 0) is 5.41 Å². The zero-order chi connectivity index (χ0) is 14.5. The molecule has 2 fully saturated rings. The predicted octanol–water partition coefficient (Wildman–Crippen LogP) is 4.59. The first-order valence-corrected chi connectivity index (χ1v) is 8.90. The molecule has 0 amide bonds. The minimum atomic E-state index is 0.166. The Kier molecular flexibility index (Phi) is 3.70. The zero-order valence-corrected chi connectivity index (χ0v) is 14.3. The molecule has 2 nitrogen and oxygen atoms in total. The molecule has 2 aliphatic carbocycles. The molecule has 0 aliphatic heterocycles. The van der Waals surface area contributed by atoms with Gasteiger partial charge in [-0.3, -0.25) is 0 Å². The maximum Gasteiger partial charge on any atom is 0.0985 e. The van der Waals surface area contributed by atoms with Gasteiger partial charge in [-0.25, -0.2) is 4.98 Å². The van der Waals surface area contributed by atoms with Crippen LogP contribution < -0.4 is 5.32 Å². The molecule has 3 rings (SSSR count). The van der Waals surface area contributed by atoms with Crippen LogP contribution in [0.1, 0.15) is 75.0 Å². The maximum absolute atomic E-state index is 4.80. The van der Waals surface area contributed by atoms with E-state index in [4.69, 9.17) is 4.98 Å². The van der Waals surface area contributed by atoms with Gasteiger partial charge in [-0.05, 0) is 44.9 Å². The Labute approximate surface area is 127 Å². The minimum absolute atomic E-state index is 0.166. The summed E-state index contributed by atoms with van der Waals surface area (Å²) in [4.78, 5) is 6.25. The number of hydrogen-bond acceptors (Lipinski definition) is 3. The van der Waals surface area contributed by atoms with Crippen LogP contribution >= 0.6 is 11.3 Å². The van der Waals surface area contributed by atoms with Crippen molar-refractivity contribution in [2.24, 2.45) is 11.8 Å². The quantitative estimate of drug-likeness (QED) is 0.881. The van der Waals surface area contributed by atoms with E-state index in [0.717, 1.165) is 17.9 Å². The number of aryl methyl sites for hydroxylation is 1. The van der Waals surface area contributed by atoms with Gasteiger partial charge in [0.2, 0.25) is 0 Å². The third-order valence-corrected chi connectivity index (χ3v) is 6.84. The molecule has 1 aromatic rings. The Morgan fingerprint density at radius 2 is 2.00 bits per heavy atom. The summed E-state index contributed by atoms with van der Waals surface area (Å²) < 4.78 is 0. The maximum atomic E-state index is 4.80. The molecule has 2 aliphatic rings. The van der Waals surface area contributed by atoms with E-state index in [9.17, 15) is 0 Å². The molecule has 0 saturated heterocycles. The second-order valence-electron chi connectivity index (χ2n) is 7.89. The Morgan fingerprint density at radius 3 is 2.50 bits per heavy atom. The third kappa shape index (κ3) is 2.67. The lowest BCUT2D eigenvalue weighted by Gasteiger charge is -2.26.